The maximum atomic E-state index is 12.3. The fraction of sp³-hybridized carbons (Fsp3) is 0.500. The third-order valence-corrected chi connectivity index (χ3v) is 3.98. The van der Waals surface area contributed by atoms with Gasteiger partial charge in [-0.15, -0.1) is 0 Å². The third-order valence-electron chi connectivity index (χ3n) is 3.98. The molecular formula is C16H20F2N2O3. The Labute approximate surface area is 133 Å². The van der Waals surface area contributed by atoms with Crippen LogP contribution in [-0.2, 0) is 9.59 Å². The van der Waals surface area contributed by atoms with Crippen molar-refractivity contribution in [1.29, 1.82) is 0 Å². The molecule has 1 aliphatic rings. The van der Waals surface area contributed by atoms with Crippen molar-refractivity contribution in [3.05, 3.63) is 23.8 Å². The lowest BCUT2D eigenvalue weighted by Crippen LogP contribution is -2.37. The molecular weight excluding hydrogens is 306 g/mol. The summed E-state index contributed by atoms with van der Waals surface area (Å²) in [5, 5.41) is 5.03. The summed E-state index contributed by atoms with van der Waals surface area (Å²) in [5.74, 6) is -1.16. The molecule has 0 radical (unpaired) electrons. The zero-order valence-corrected chi connectivity index (χ0v) is 12.9. The summed E-state index contributed by atoms with van der Waals surface area (Å²) in [6, 6.07) is 4.36. The van der Waals surface area contributed by atoms with Gasteiger partial charge in [-0.1, -0.05) is 18.9 Å². The number of amides is 2. The lowest BCUT2D eigenvalue weighted by atomic mass is 10.1. The Morgan fingerprint density at radius 2 is 1.96 bits per heavy atom. The maximum absolute atomic E-state index is 12.3. The number of carbonyl (C=O) groups excluding carboxylic acids is 2. The maximum Gasteiger partial charge on any atom is 0.387 e. The molecule has 2 rings (SSSR count). The van der Waals surface area contributed by atoms with Gasteiger partial charge in [0.05, 0.1) is 0 Å². The van der Waals surface area contributed by atoms with Crippen LogP contribution in [0.3, 0.4) is 0 Å². The molecule has 7 heteroatoms. The van der Waals surface area contributed by atoms with Crippen LogP contribution in [0.1, 0.15) is 31.2 Å². The molecule has 2 N–H and O–H groups in total. The van der Waals surface area contributed by atoms with Gasteiger partial charge in [-0.05, 0) is 37.8 Å². The first-order valence-corrected chi connectivity index (χ1v) is 7.61. The second-order valence-electron chi connectivity index (χ2n) is 5.62. The van der Waals surface area contributed by atoms with Crippen LogP contribution < -0.4 is 15.4 Å². The quantitative estimate of drug-likeness (QED) is 0.818. The molecule has 5 nitrogen and oxygen atoms in total. The van der Waals surface area contributed by atoms with E-state index in [0.29, 0.717) is 18.0 Å². The molecule has 2 amide bonds. The number of ether oxygens (including phenoxy) is 1. The summed E-state index contributed by atoms with van der Waals surface area (Å²) in [6.07, 6.45) is 4.44. The van der Waals surface area contributed by atoms with Crippen molar-refractivity contribution in [3.63, 3.8) is 0 Å². The molecule has 1 saturated carbocycles. The molecule has 0 spiro atoms. The van der Waals surface area contributed by atoms with Crippen LogP contribution in [0.5, 0.6) is 5.75 Å². The van der Waals surface area contributed by atoms with Gasteiger partial charge < -0.3 is 15.4 Å². The Balaban J connectivity index is 1.92. The zero-order chi connectivity index (χ0) is 16.8. The van der Waals surface area contributed by atoms with Crippen molar-refractivity contribution in [3.8, 4) is 5.75 Å². The van der Waals surface area contributed by atoms with Crippen LogP contribution in [0, 0.1) is 12.8 Å². The van der Waals surface area contributed by atoms with E-state index < -0.39 is 18.4 Å². The number of alkyl halides is 2. The summed E-state index contributed by atoms with van der Waals surface area (Å²) >= 11 is 0. The number of carbonyl (C=O) groups is 2. The van der Waals surface area contributed by atoms with E-state index in [1.165, 1.54) is 25.1 Å². The van der Waals surface area contributed by atoms with Gasteiger partial charge in [-0.25, -0.2) is 0 Å². The summed E-state index contributed by atoms with van der Waals surface area (Å²) in [7, 11) is 0. The van der Waals surface area contributed by atoms with Gasteiger partial charge in [-0.2, -0.15) is 8.78 Å². The van der Waals surface area contributed by atoms with Crippen LogP contribution in [0.15, 0.2) is 18.2 Å². The standard InChI is InChI=1S/C16H20F2N2O3/c1-10-12(7-4-8-13(10)23-16(17)18)20-15(22)14(21)19-9-11-5-2-3-6-11/h4,7-8,11,16H,2-3,5-6,9H2,1H3,(H,19,21)(H,20,22). The third kappa shape index (κ3) is 4.91. The molecule has 0 atom stereocenters. The van der Waals surface area contributed by atoms with Crippen molar-refractivity contribution >= 4 is 17.5 Å². The highest BCUT2D eigenvalue weighted by Crippen LogP contribution is 2.27. The predicted octanol–water partition coefficient (Wildman–Crippen LogP) is 2.84. The van der Waals surface area contributed by atoms with Crippen molar-refractivity contribution < 1.29 is 23.1 Å². The Morgan fingerprint density at radius 1 is 1.26 bits per heavy atom. The Bertz CT molecular complexity index is 572. The van der Waals surface area contributed by atoms with Crippen LogP contribution in [0.25, 0.3) is 0 Å². The number of hydrogen-bond donors (Lipinski definition) is 2. The number of hydrogen-bond acceptors (Lipinski definition) is 3. The van der Waals surface area contributed by atoms with Crippen LogP contribution in [0.2, 0.25) is 0 Å². The van der Waals surface area contributed by atoms with Crippen molar-refractivity contribution in [2.45, 2.75) is 39.2 Å². The molecule has 1 fully saturated rings. The summed E-state index contributed by atoms with van der Waals surface area (Å²) in [4.78, 5) is 23.7. The van der Waals surface area contributed by atoms with Crippen molar-refractivity contribution in [1.82, 2.24) is 5.32 Å². The first-order valence-electron chi connectivity index (χ1n) is 7.61. The summed E-state index contributed by atoms with van der Waals surface area (Å²) in [6.45, 7) is -0.932. The average molecular weight is 326 g/mol. The summed E-state index contributed by atoms with van der Waals surface area (Å²) in [5.41, 5.74) is 0.605. The molecule has 0 unspecified atom stereocenters. The van der Waals surface area contributed by atoms with Crippen molar-refractivity contribution in [2.75, 3.05) is 11.9 Å². The molecule has 1 aliphatic carbocycles. The average Bonchev–Trinajstić information content (AvgIpc) is 3.01. The first kappa shape index (κ1) is 17.2. The van der Waals surface area contributed by atoms with Gasteiger partial charge in [0, 0.05) is 17.8 Å². The number of anilines is 1. The number of rotatable bonds is 5. The molecule has 23 heavy (non-hydrogen) atoms. The van der Waals surface area contributed by atoms with E-state index in [2.05, 4.69) is 15.4 Å². The number of benzene rings is 1. The lowest BCUT2D eigenvalue weighted by Gasteiger charge is -2.13. The van der Waals surface area contributed by atoms with Gasteiger partial charge in [0.1, 0.15) is 5.75 Å². The minimum atomic E-state index is -2.95. The van der Waals surface area contributed by atoms with E-state index in [9.17, 15) is 18.4 Å². The van der Waals surface area contributed by atoms with Crippen LogP contribution in [-0.4, -0.2) is 25.0 Å². The van der Waals surface area contributed by atoms with Crippen LogP contribution in [0.4, 0.5) is 14.5 Å². The molecule has 126 valence electrons. The van der Waals surface area contributed by atoms with Gasteiger partial charge >= 0.3 is 18.4 Å². The summed E-state index contributed by atoms with van der Waals surface area (Å²) < 4.78 is 29.0. The van der Waals surface area contributed by atoms with Gasteiger partial charge in [-0.3, -0.25) is 9.59 Å². The molecule has 0 bridgehead atoms. The van der Waals surface area contributed by atoms with Gasteiger partial charge in [0.25, 0.3) is 0 Å². The topological polar surface area (TPSA) is 67.4 Å². The number of nitrogens with one attached hydrogen (secondary N) is 2. The minimum absolute atomic E-state index is 0.0378. The molecule has 0 aromatic heterocycles. The zero-order valence-electron chi connectivity index (χ0n) is 12.9. The van der Waals surface area contributed by atoms with Gasteiger partial charge in [0.15, 0.2) is 0 Å². The van der Waals surface area contributed by atoms with E-state index >= 15 is 0 Å². The molecule has 1 aromatic carbocycles. The monoisotopic (exact) mass is 326 g/mol. The second kappa shape index (κ2) is 7.89. The highest BCUT2D eigenvalue weighted by Gasteiger charge is 2.20. The van der Waals surface area contributed by atoms with E-state index in [4.69, 9.17) is 0 Å². The number of halogens is 2. The fourth-order valence-corrected chi connectivity index (χ4v) is 2.68. The smallest absolute Gasteiger partial charge is 0.387 e. The minimum Gasteiger partial charge on any atom is -0.434 e. The Kier molecular flexibility index (Phi) is 5.90. The normalized spacial score (nSPS) is 14.8. The lowest BCUT2D eigenvalue weighted by molar-refractivity contribution is -0.136. The molecule has 0 saturated heterocycles. The molecule has 0 aliphatic heterocycles. The Morgan fingerprint density at radius 3 is 2.61 bits per heavy atom. The predicted molar refractivity (Wildman–Crippen MR) is 81.4 cm³/mol. The molecule has 0 heterocycles. The Hall–Kier alpha value is -2.18. The van der Waals surface area contributed by atoms with E-state index in [1.807, 2.05) is 0 Å². The molecule has 1 aromatic rings. The van der Waals surface area contributed by atoms with E-state index in [0.717, 1.165) is 25.7 Å². The highest BCUT2D eigenvalue weighted by atomic mass is 19.3. The van der Waals surface area contributed by atoms with E-state index in [-0.39, 0.29) is 11.4 Å². The highest BCUT2D eigenvalue weighted by molar-refractivity contribution is 6.39. The van der Waals surface area contributed by atoms with Crippen molar-refractivity contribution in [2.24, 2.45) is 5.92 Å². The fourth-order valence-electron chi connectivity index (χ4n) is 2.68. The largest absolute Gasteiger partial charge is 0.434 e. The van der Waals surface area contributed by atoms with E-state index in [1.54, 1.807) is 0 Å². The second-order valence-corrected chi connectivity index (χ2v) is 5.62. The first-order chi connectivity index (χ1) is 11.0. The van der Waals surface area contributed by atoms with Crippen LogP contribution >= 0.6 is 0 Å². The SMILES string of the molecule is Cc1c(NC(=O)C(=O)NCC2CCCC2)cccc1OC(F)F. The van der Waals surface area contributed by atoms with Gasteiger partial charge in [0.2, 0.25) is 0 Å².